The van der Waals surface area contributed by atoms with Crippen molar-refractivity contribution in [2.75, 3.05) is 0 Å². The molecule has 6 heteroatoms. The molecule has 6 nitrogen and oxygen atoms in total. The van der Waals surface area contributed by atoms with Crippen LogP contribution in [-0.4, -0.2) is 28.7 Å². The van der Waals surface area contributed by atoms with Crippen LogP contribution in [0.15, 0.2) is 267 Å². The molecule has 4 heterocycles. The van der Waals surface area contributed by atoms with E-state index in [4.69, 9.17) is 15.0 Å². The summed E-state index contributed by atoms with van der Waals surface area (Å²) < 4.78 is 7.11. The van der Waals surface area contributed by atoms with Crippen LogP contribution in [0.5, 0.6) is 0 Å². The molecule has 0 fully saturated rings. The highest BCUT2D eigenvalue weighted by Crippen LogP contribution is 2.44. The van der Waals surface area contributed by atoms with Gasteiger partial charge in [0.25, 0.3) is 0 Å². The predicted molar refractivity (Wildman–Crippen MR) is 320 cm³/mol. The zero-order chi connectivity index (χ0) is 50.6. The molecule has 12 aromatic carbocycles. The van der Waals surface area contributed by atoms with Crippen molar-refractivity contribution in [2.24, 2.45) is 0 Å². The van der Waals surface area contributed by atoms with Crippen molar-refractivity contribution in [3.8, 4) is 62.4 Å². The SMILES string of the molecule is c1ccc(-c2ccc(-c3cccc(-n4c5ccccc5c5c6c7ccccc7n(-c7ccc8c9ccccc9n(-c9nc(-c%10ccc%11ccccc%11c%10)nc(-c%10ccc%11ccccc%11c%10)n9)c8c7)c6ccc54)c3)cc2)cc1. The minimum atomic E-state index is 0.555. The number of fused-ring (bicyclic) bond motifs is 12. The van der Waals surface area contributed by atoms with Crippen molar-refractivity contribution in [3.63, 3.8) is 0 Å². The Morgan fingerprint density at radius 3 is 1.26 bits per heavy atom. The summed E-state index contributed by atoms with van der Waals surface area (Å²) in [6, 6.07) is 96.0. The van der Waals surface area contributed by atoms with Crippen molar-refractivity contribution < 1.29 is 0 Å². The molecule has 0 unspecified atom stereocenters. The van der Waals surface area contributed by atoms with Gasteiger partial charge in [-0.05, 0) is 111 Å². The van der Waals surface area contributed by atoms with Gasteiger partial charge in [-0.1, -0.05) is 200 Å². The van der Waals surface area contributed by atoms with Crippen molar-refractivity contribution in [2.45, 2.75) is 0 Å². The molecule has 0 aliphatic heterocycles. The maximum Gasteiger partial charge on any atom is 0.238 e. The van der Waals surface area contributed by atoms with Crippen molar-refractivity contribution in [1.82, 2.24) is 28.7 Å². The highest BCUT2D eigenvalue weighted by Gasteiger charge is 2.23. The summed E-state index contributed by atoms with van der Waals surface area (Å²) in [6.07, 6.45) is 0. The molecule has 0 amide bonds. The molecule has 0 N–H and O–H groups in total. The molecule has 0 radical (unpaired) electrons. The van der Waals surface area contributed by atoms with Gasteiger partial charge in [0.2, 0.25) is 5.95 Å². The van der Waals surface area contributed by atoms with Crippen molar-refractivity contribution in [3.05, 3.63) is 267 Å². The first-order valence-corrected chi connectivity index (χ1v) is 26.2. The number of hydrogen-bond acceptors (Lipinski definition) is 3. The minimum Gasteiger partial charge on any atom is -0.309 e. The lowest BCUT2D eigenvalue weighted by Crippen LogP contribution is -2.06. The summed E-state index contributed by atoms with van der Waals surface area (Å²) in [5, 5.41) is 11.7. The van der Waals surface area contributed by atoms with Crippen LogP contribution in [-0.2, 0) is 0 Å². The summed E-state index contributed by atoms with van der Waals surface area (Å²) in [6.45, 7) is 0. The molecule has 16 aromatic rings. The quantitative estimate of drug-likeness (QED) is 0.160. The molecular weight excluding hydrogens is 937 g/mol. The van der Waals surface area contributed by atoms with Gasteiger partial charge >= 0.3 is 0 Å². The highest BCUT2D eigenvalue weighted by atomic mass is 15.2. The number of para-hydroxylation sites is 3. The summed E-state index contributed by atoms with van der Waals surface area (Å²) >= 11 is 0. The second-order valence-corrected chi connectivity index (χ2v) is 20.0. The maximum absolute atomic E-state index is 5.39. The Morgan fingerprint density at radius 2 is 0.662 bits per heavy atom. The molecule has 16 rings (SSSR count). The van der Waals surface area contributed by atoms with E-state index in [2.05, 4.69) is 281 Å². The van der Waals surface area contributed by atoms with Crippen LogP contribution in [0.4, 0.5) is 0 Å². The third-order valence-electron chi connectivity index (χ3n) is 15.7. The molecule has 0 atom stereocenters. The first-order valence-electron chi connectivity index (χ1n) is 26.2. The van der Waals surface area contributed by atoms with Crippen LogP contribution in [0.3, 0.4) is 0 Å². The Hall–Kier alpha value is -10.4. The molecule has 0 aliphatic carbocycles. The number of rotatable bonds is 7. The standard InChI is InChI=1S/C71H44N6/c1-2-15-45(16-3-1)48-29-31-49(32-30-48)52-21-14-22-55(43-52)75-62-27-12-9-24-59(62)67-64(75)39-40-65-68(67)60-25-10-13-28-63(60)76(65)56-37-38-58-57-23-8-11-26-61(57)77(66(58)44-56)71-73-69(53-35-33-46-17-4-6-19-50(46)41-53)72-70(74-71)54-36-34-47-18-5-7-20-51(47)42-54/h1-44H. The van der Waals surface area contributed by atoms with Crippen LogP contribution in [0, 0.1) is 0 Å². The zero-order valence-corrected chi connectivity index (χ0v) is 41.6. The van der Waals surface area contributed by atoms with E-state index in [0.717, 1.165) is 77.1 Å². The van der Waals surface area contributed by atoms with Crippen LogP contribution >= 0.6 is 0 Å². The first kappa shape index (κ1) is 43.0. The summed E-state index contributed by atoms with van der Waals surface area (Å²) in [5.74, 6) is 1.78. The first-order chi connectivity index (χ1) is 38.2. The fourth-order valence-electron chi connectivity index (χ4n) is 12.1. The highest BCUT2D eigenvalue weighted by molar-refractivity contribution is 6.29. The van der Waals surface area contributed by atoms with Gasteiger partial charge in [-0.25, -0.2) is 4.98 Å². The molecule has 0 aliphatic rings. The van der Waals surface area contributed by atoms with E-state index in [9.17, 15) is 0 Å². The summed E-state index contributed by atoms with van der Waals surface area (Å²) in [7, 11) is 0. The van der Waals surface area contributed by atoms with E-state index in [1.807, 2.05) is 0 Å². The molecule has 0 spiro atoms. The van der Waals surface area contributed by atoms with Gasteiger partial charge in [0, 0.05) is 54.8 Å². The Morgan fingerprint density at radius 1 is 0.221 bits per heavy atom. The van der Waals surface area contributed by atoms with Gasteiger partial charge in [0.05, 0.1) is 33.1 Å². The molecule has 0 bridgehead atoms. The van der Waals surface area contributed by atoms with E-state index < -0.39 is 0 Å². The average molecular weight is 981 g/mol. The molecular formula is C71H44N6. The number of benzene rings is 12. The maximum atomic E-state index is 5.39. The lowest BCUT2D eigenvalue weighted by Gasteiger charge is -2.13. The van der Waals surface area contributed by atoms with Crippen LogP contribution < -0.4 is 0 Å². The van der Waals surface area contributed by atoms with Gasteiger partial charge in [-0.3, -0.25) is 4.57 Å². The number of aromatic nitrogens is 6. The third kappa shape index (κ3) is 6.86. The van der Waals surface area contributed by atoms with Crippen LogP contribution in [0.25, 0.3) is 149 Å². The molecule has 358 valence electrons. The molecule has 77 heavy (non-hydrogen) atoms. The van der Waals surface area contributed by atoms with E-state index in [1.165, 1.54) is 54.6 Å². The number of hydrogen-bond donors (Lipinski definition) is 0. The lowest BCUT2D eigenvalue weighted by atomic mass is 10.00. The average Bonchev–Trinajstić information content (AvgIpc) is 4.26. The van der Waals surface area contributed by atoms with Gasteiger partial charge in [-0.15, -0.1) is 0 Å². The second-order valence-electron chi connectivity index (χ2n) is 20.0. The largest absolute Gasteiger partial charge is 0.309 e. The van der Waals surface area contributed by atoms with Crippen molar-refractivity contribution >= 4 is 87.0 Å². The van der Waals surface area contributed by atoms with E-state index in [1.54, 1.807) is 0 Å². The molecule has 0 saturated carbocycles. The number of nitrogens with zero attached hydrogens (tertiary/aromatic N) is 6. The summed E-state index contributed by atoms with van der Waals surface area (Å²) in [5.41, 5.74) is 15.4. The fourth-order valence-corrected chi connectivity index (χ4v) is 12.1. The summed E-state index contributed by atoms with van der Waals surface area (Å²) in [4.78, 5) is 16.0. The monoisotopic (exact) mass is 980 g/mol. The Kier molecular flexibility index (Phi) is 9.53. The van der Waals surface area contributed by atoms with Gasteiger partial charge < -0.3 is 9.13 Å². The van der Waals surface area contributed by atoms with E-state index >= 15 is 0 Å². The third-order valence-corrected chi connectivity index (χ3v) is 15.7. The molecule has 0 saturated heterocycles. The fraction of sp³-hybridized carbons (Fsp3) is 0. The minimum absolute atomic E-state index is 0.555. The van der Waals surface area contributed by atoms with Gasteiger partial charge in [0.1, 0.15) is 0 Å². The Balaban J connectivity index is 0.893. The Labute approximate surface area is 442 Å². The van der Waals surface area contributed by atoms with E-state index in [-0.39, 0.29) is 0 Å². The van der Waals surface area contributed by atoms with E-state index in [0.29, 0.717) is 17.6 Å². The Bertz CT molecular complexity index is 4940. The topological polar surface area (TPSA) is 53.5 Å². The smallest absolute Gasteiger partial charge is 0.238 e. The van der Waals surface area contributed by atoms with Gasteiger partial charge in [0.15, 0.2) is 11.6 Å². The zero-order valence-electron chi connectivity index (χ0n) is 41.6. The van der Waals surface area contributed by atoms with Gasteiger partial charge in [-0.2, -0.15) is 9.97 Å². The normalized spacial score (nSPS) is 11.9. The van der Waals surface area contributed by atoms with Crippen molar-refractivity contribution in [1.29, 1.82) is 0 Å². The van der Waals surface area contributed by atoms with Crippen LogP contribution in [0.2, 0.25) is 0 Å². The lowest BCUT2D eigenvalue weighted by molar-refractivity contribution is 0.953. The molecule has 4 aromatic heterocycles. The predicted octanol–water partition coefficient (Wildman–Crippen LogP) is 18.1. The second kappa shape index (κ2) is 17.1. The van der Waals surface area contributed by atoms with Crippen LogP contribution in [0.1, 0.15) is 0 Å².